The van der Waals surface area contributed by atoms with Crippen LogP contribution in [0.1, 0.15) is 49.1 Å². The maximum atomic E-state index is 12.5. The van der Waals surface area contributed by atoms with Crippen molar-refractivity contribution in [1.82, 2.24) is 20.0 Å². The number of aromatic nitrogens is 4. The van der Waals surface area contributed by atoms with Crippen LogP contribution in [0.15, 0.2) is 30.6 Å². The third-order valence-electron chi connectivity index (χ3n) is 5.30. The van der Waals surface area contributed by atoms with Gasteiger partial charge in [-0.1, -0.05) is 18.5 Å². The molecule has 0 spiro atoms. The first-order chi connectivity index (χ1) is 13.5. The molecule has 28 heavy (non-hydrogen) atoms. The number of methoxy groups -OCH3 is 1. The Morgan fingerprint density at radius 3 is 2.75 bits per heavy atom. The Hall–Kier alpha value is -2.67. The summed E-state index contributed by atoms with van der Waals surface area (Å²) in [5, 5.41) is 16.4. The van der Waals surface area contributed by atoms with Gasteiger partial charge in [-0.25, -0.2) is 0 Å². The Kier molecular flexibility index (Phi) is 5.17. The zero-order valence-electron chi connectivity index (χ0n) is 15.9. The average molecular weight is 400 g/mol. The number of carbonyl (C=O) groups excluding carboxylic acids is 1. The molecule has 0 atom stereocenters. The average Bonchev–Trinajstić information content (AvgIpc) is 3.10. The molecule has 1 aliphatic carbocycles. The summed E-state index contributed by atoms with van der Waals surface area (Å²) in [7, 11) is 1.57. The van der Waals surface area contributed by atoms with Gasteiger partial charge < -0.3 is 10.1 Å². The predicted molar refractivity (Wildman–Crippen MR) is 108 cm³/mol. The number of nitrogens with one attached hydrogen (secondary N) is 1. The summed E-state index contributed by atoms with van der Waals surface area (Å²) in [6.07, 6.45) is 8.17. The normalized spacial score (nSPS) is 19.5. The van der Waals surface area contributed by atoms with E-state index < -0.39 is 5.91 Å². The van der Waals surface area contributed by atoms with Crippen molar-refractivity contribution in [2.24, 2.45) is 5.92 Å². The largest absolute Gasteiger partial charge is 0.494 e. The van der Waals surface area contributed by atoms with E-state index >= 15 is 0 Å². The first-order valence-corrected chi connectivity index (χ1v) is 9.77. The highest BCUT2D eigenvalue weighted by atomic mass is 35.5. The van der Waals surface area contributed by atoms with Crippen molar-refractivity contribution in [3.05, 3.63) is 41.3 Å². The fourth-order valence-electron chi connectivity index (χ4n) is 3.67. The van der Waals surface area contributed by atoms with Crippen LogP contribution in [0.2, 0.25) is 5.02 Å². The van der Waals surface area contributed by atoms with E-state index in [1.165, 1.54) is 25.1 Å². The Morgan fingerprint density at radius 2 is 2.04 bits per heavy atom. The summed E-state index contributed by atoms with van der Waals surface area (Å²) in [4.78, 5) is 12.5. The minimum absolute atomic E-state index is 0.140. The summed E-state index contributed by atoms with van der Waals surface area (Å²) >= 11 is 5.90. The third-order valence-corrected chi connectivity index (χ3v) is 5.51. The Bertz CT molecular complexity index is 1010. The molecule has 0 unspecified atom stereocenters. The number of carbonyl (C=O) groups is 1. The fourth-order valence-corrected chi connectivity index (χ4v) is 3.82. The second-order valence-electron chi connectivity index (χ2n) is 7.35. The second-order valence-corrected chi connectivity index (χ2v) is 7.78. The summed E-state index contributed by atoms with van der Waals surface area (Å²) < 4.78 is 7.52. The van der Waals surface area contributed by atoms with E-state index in [1.807, 2.05) is 18.3 Å². The van der Waals surface area contributed by atoms with Crippen LogP contribution in [0.3, 0.4) is 0 Å². The van der Waals surface area contributed by atoms with E-state index in [-0.39, 0.29) is 5.69 Å². The van der Waals surface area contributed by atoms with Crippen molar-refractivity contribution in [2.45, 2.75) is 38.6 Å². The maximum absolute atomic E-state index is 12.5. The molecule has 7 nitrogen and oxygen atoms in total. The lowest BCUT2D eigenvalue weighted by Gasteiger charge is -2.26. The quantitative estimate of drug-likeness (QED) is 0.698. The van der Waals surface area contributed by atoms with E-state index in [0.29, 0.717) is 22.5 Å². The molecular weight excluding hydrogens is 378 g/mol. The van der Waals surface area contributed by atoms with Crippen LogP contribution in [-0.2, 0) is 0 Å². The molecular formula is C20H22ClN5O2. The number of halogens is 1. The standard InChI is InChI=1S/C20H22ClN5O2/c1-12-3-5-15(6-4-12)26-11-13-7-17(19(28-2)9-16(13)25-26)23-20(27)18-8-14(21)10-22-24-18/h7-12,15H,3-6H2,1-2H3,(H,23,27). The zero-order valence-corrected chi connectivity index (χ0v) is 16.6. The van der Waals surface area contributed by atoms with Crippen molar-refractivity contribution < 1.29 is 9.53 Å². The number of fused-ring (bicyclic) bond motifs is 1. The topological polar surface area (TPSA) is 81.9 Å². The van der Waals surface area contributed by atoms with Crippen molar-refractivity contribution in [3.8, 4) is 5.75 Å². The van der Waals surface area contributed by atoms with Crippen molar-refractivity contribution >= 4 is 34.1 Å². The van der Waals surface area contributed by atoms with E-state index in [4.69, 9.17) is 21.4 Å². The Balaban J connectivity index is 1.62. The highest BCUT2D eigenvalue weighted by Gasteiger charge is 2.21. The van der Waals surface area contributed by atoms with Crippen LogP contribution in [0, 0.1) is 5.92 Å². The smallest absolute Gasteiger partial charge is 0.276 e. The van der Waals surface area contributed by atoms with Gasteiger partial charge in [0.25, 0.3) is 5.91 Å². The van der Waals surface area contributed by atoms with E-state index in [0.717, 1.165) is 29.7 Å². The number of hydrogen-bond donors (Lipinski definition) is 1. The number of anilines is 1. The molecule has 3 aromatic rings. The number of amides is 1. The van der Waals surface area contributed by atoms with E-state index in [2.05, 4.69) is 27.1 Å². The molecule has 0 radical (unpaired) electrons. The van der Waals surface area contributed by atoms with Crippen LogP contribution >= 0.6 is 11.6 Å². The molecule has 2 heterocycles. The lowest BCUT2D eigenvalue weighted by Crippen LogP contribution is -2.16. The third kappa shape index (κ3) is 3.80. The van der Waals surface area contributed by atoms with Gasteiger partial charge in [0.05, 0.1) is 35.6 Å². The first kappa shape index (κ1) is 18.7. The van der Waals surface area contributed by atoms with Gasteiger partial charge in [-0.3, -0.25) is 9.48 Å². The summed E-state index contributed by atoms with van der Waals surface area (Å²) in [6, 6.07) is 5.61. The van der Waals surface area contributed by atoms with Gasteiger partial charge >= 0.3 is 0 Å². The van der Waals surface area contributed by atoms with E-state index in [9.17, 15) is 4.79 Å². The van der Waals surface area contributed by atoms with Crippen LogP contribution in [0.25, 0.3) is 10.9 Å². The van der Waals surface area contributed by atoms with Gasteiger partial charge in [0.2, 0.25) is 0 Å². The van der Waals surface area contributed by atoms with Gasteiger partial charge in [-0.05, 0) is 43.7 Å². The number of rotatable bonds is 4. The van der Waals surface area contributed by atoms with Crippen molar-refractivity contribution in [2.75, 3.05) is 12.4 Å². The number of nitrogens with zero attached hydrogens (tertiary/aromatic N) is 4. The molecule has 1 saturated carbocycles. The minimum Gasteiger partial charge on any atom is -0.494 e. The monoisotopic (exact) mass is 399 g/mol. The van der Waals surface area contributed by atoms with Crippen molar-refractivity contribution in [3.63, 3.8) is 0 Å². The minimum atomic E-state index is -0.402. The molecule has 1 fully saturated rings. The van der Waals surface area contributed by atoms with Crippen LogP contribution in [0.5, 0.6) is 5.75 Å². The maximum Gasteiger partial charge on any atom is 0.276 e. The fraction of sp³-hybridized carbons (Fsp3) is 0.400. The molecule has 1 aromatic carbocycles. The van der Waals surface area contributed by atoms with Crippen LogP contribution in [-0.4, -0.2) is 33.0 Å². The molecule has 1 aliphatic rings. The summed E-state index contributed by atoms with van der Waals surface area (Å²) in [6.45, 7) is 2.31. The highest BCUT2D eigenvalue weighted by molar-refractivity contribution is 6.30. The molecule has 0 aliphatic heterocycles. The van der Waals surface area contributed by atoms with Gasteiger partial charge in [0.15, 0.2) is 5.69 Å². The molecule has 146 valence electrons. The second kappa shape index (κ2) is 7.75. The predicted octanol–water partition coefficient (Wildman–Crippen LogP) is 4.49. The van der Waals surface area contributed by atoms with Crippen LogP contribution < -0.4 is 10.1 Å². The zero-order chi connectivity index (χ0) is 19.7. The SMILES string of the molecule is COc1cc2nn(C3CCC(C)CC3)cc2cc1NC(=O)c1cc(Cl)cnn1. The first-order valence-electron chi connectivity index (χ1n) is 9.40. The van der Waals surface area contributed by atoms with E-state index in [1.54, 1.807) is 7.11 Å². The highest BCUT2D eigenvalue weighted by Crippen LogP contribution is 2.34. The molecule has 4 rings (SSSR count). The lowest BCUT2D eigenvalue weighted by molar-refractivity contribution is 0.102. The van der Waals surface area contributed by atoms with Crippen LogP contribution in [0.4, 0.5) is 5.69 Å². The molecule has 0 bridgehead atoms. The molecule has 1 amide bonds. The summed E-state index contributed by atoms with van der Waals surface area (Å²) in [5.41, 5.74) is 1.54. The van der Waals surface area contributed by atoms with Gasteiger partial charge in [0, 0.05) is 17.6 Å². The number of hydrogen-bond acceptors (Lipinski definition) is 5. The van der Waals surface area contributed by atoms with Crippen molar-refractivity contribution in [1.29, 1.82) is 0 Å². The van der Waals surface area contributed by atoms with Gasteiger partial charge in [-0.2, -0.15) is 10.2 Å². The molecule has 2 aromatic heterocycles. The number of ether oxygens (including phenoxy) is 1. The van der Waals surface area contributed by atoms with Gasteiger partial charge in [-0.15, -0.1) is 5.10 Å². The Labute approximate surface area is 168 Å². The summed E-state index contributed by atoms with van der Waals surface area (Å²) in [5.74, 6) is 0.928. The molecule has 1 N–H and O–H groups in total. The number of benzene rings is 1. The molecule has 8 heteroatoms. The lowest BCUT2D eigenvalue weighted by atomic mass is 9.87. The Morgan fingerprint density at radius 1 is 1.25 bits per heavy atom. The van der Waals surface area contributed by atoms with Gasteiger partial charge in [0.1, 0.15) is 5.75 Å². The molecule has 0 saturated heterocycles.